The second-order valence-corrected chi connectivity index (χ2v) is 5.18. The van der Waals surface area contributed by atoms with Crippen LogP contribution >= 0.6 is 0 Å². The normalized spacial score (nSPS) is 12.6. The van der Waals surface area contributed by atoms with Crippen LogP contribution in [-0.4, -0.2) is 21.6 Å². The fourth-order valence-electron chi connectivity index (χ4n) is 0. The van der Waals surface area contributed by atoms with Crippen LogP contribution in [0.1, 0.15) is 0 Å². The summed E-state index contributed by atoms with van der Waals surface area (Å²) in [6.45, 7) is 0. The van der Waals surface area contributed by atoms with Crippen molar-refractivity contribution in [3.8, 4) is 0 Å². The minimum absolute atomic E-state index is 4.83. The summed E-state index contributed by atoms with van der Waals surface area (Å²) in [7, 11) is -9.77. The van der Waals surface area contributed by atoms with Gasteiger partial charge in [0, 0.05) is 0 Å². The van der Waals surface area contributed by atoms with E-state index in [0.29, 0.717) is 0 Å². The standard InChI is InChI=1S/F2H2O3SSi/c1-7(2)6(3,4)5/h7H,(H,3,4,5). The molecule has 0 spiro atoms. The molecule has 0 radical (unpaired) electrons. The molecule has 0 saturated carbocycles. The SMILES string of the molecule is O=S(=O)(O)[SiH](F)F. The molecule has 0 heterocycles. The molecule has 0 bridgehead atoms. The highest BCUT2D eigenvalue weighted by molar-refractivity contribution is 8.12. The maximum atomic E-state index is 10.8. The Balaban J connectivity index is 4.10. The summed E-state index contributed by atoms with van der Waals surface area (Å²) in [4.78, 5) is 0. The van der Waals surface area contributed by atoms with Gasteiger partial charge in [0.05, 0.1) is 0 Å². The minimum atomic E-state index is -4.94. The molecule has 1 N–H and O–H groups in total. The summed E-state index contributed by atoms with van der Waals surface area (Å²) in [5, 5.41) is 0. The molecular weight excluding hydrogens is 146 g/mol. The largest absolute Gasteiger partial charge is 0.564 e. The van der Waals surface area contributed by atoms with Crippen LogP contribution in [0.25, 0.3) is 0 Å². The predicted molar refractivity (Wildman–Crippen MR) is 20.9 cm³/mol. The molecule has 0 amide bonds. The van der Waals surface area contributed by atoms with E-state index in [2.05, 4.69) is 0 Å². The van der Waals surface area contributed by atoms with E-state index in [9.17, 15) is 16.6 Å². The van der Waals surface area contributed by atoms with E-state index in [-0.39, 0.29) is 0 Å². The zero-order chi connectivity index (χ0) is 6.08. The fourth-order valence-corrected chi connectivity index (χ4v) is 0. The van der Waals surface area contributed by atoms with Gasteiger partial charge in [-0.25, -0.2) is 8.42 Å². The van der Waals surface area contributed by atoms with Crippen molar-refractivity contribution in [2.45, 2.75) is 0 Å². The Morgan fingerprint density at radius 1 is 1.43 bits per heavy atom. The lowest BCUT2D eigenvalue weighted by molar-refractivity contribution is 0.487. The van der Waals surface area contributed by atoms with Crippen molar-refractivity contribution < 1.29 is 21.2 Å². The van der Waals surface area contributed by atoms with E-state index in [1.54, 1.807) is 0 Å². The van der Waals surface area contributed by atoms with Crippen LogP contribution in [0.15, 0.2) is 0 Å². The summed E-state index contributed by atoms with van der Waals surface area (Å²) < 4.78 is 47.5. The predicted octanol–water partition coefficient (Wildman–Crippen LogP) is -0.470. The van der Waals surface area contributed by atoms with Gasteiger partial charge < -0.3 is 0 Å². The smallest absolute Gasteiger partial charge is 0.287 e. The highest BCUT2D eigenvalue weighted by Crippen LogP contribution is 1.93. The van der Waals surface area contributed by atoms with Crippen molar-refractivity contribution in [2.75, 3.05) is 0 Å². The Morgan fingerprint density at radius 3 is 1.57 bits per heavy atom. The van der Waals surface area contributed by atoms with Gasteiger partial charge >= 0.3 is 8.61 Å². The molecule has 0 aliphatic heterocycles. The average Bonchev–Trinajstić information content (AvgIpc) is 1.31. The molecule has 0 unspecified atom stereocenters. The van der Waals surface area contributed by atoms with Crippen molar-refractivity contribution in [2.24, 2.45) is 0 Å². The van der Waals surface area contributed by atoms with Crippen LogP contribution in [0.3, 0.4) is 0 Å². The Hall–Kier alpha value is -0.0131. The highest BCUT2D eigenvalue weighted by atomic mass is 32.4. The van der Waals surface area contributed by atoms with Gasteiger partial charge in [0.1, 0.15) is 0 Å². The Kier molecular flexibility index (Phi) is 1.84. The molecule has 0 aromatic rings. The second kappa shape index (κ2) is 1.84. The zero-order valence-electron chi connectivity index (χ0n) is 3.01. The molecule has 0 atom stereocenters. The topological polar surface area (TPSA) is 54.4 Å². The lowest BCUT2D eigenvalue weighted by atomic mass is 15.9. The highest BCUT2D eigenvalue weighted by Gasteiger charge is 2.24. The molecule has 0 aliphatic rings. The molecule has 0 aliphatic carbocycles. The van der Waals surface area contributed by atoms with Gasteiger partial charge in [-0.3, -0.25) is 12.8 Å². The van der Waals surface area contributed by atoms with E-state index in [1.165, 1.54) is 0 Å². The van der Waals surface area contributed by atoms with Gasteiger partial charge in [0.15, 0.2) is 0 Å². The molecule has 7 heteroatoms. The van der Waals surface area contributed by atoms with Crippen molar-refractivity contribution in [3.63, 3.8) is 0 Å². The van der Waals surface area contributed by atoms with Crippen LogP contribution in [0.5, 0.6) is 0 Å². The molecule has 0 aromatic heterocycles. The van der Waals surface area contributed by atoms with E-state index in [1.807, 2.05) is 0 Å². The van der Waals surface area contributed by atoms with Gasteiger partial charge in [-0.1, -0.05) is 0 Å². The molecule has 0 saturated heterocycles. The van der Waals surface area contributed by atoms with E-state index >= 15 is 0 Å². The monoisotopic (exact) mass is 148 g/mol. The minimum Gasteiger partial charge on any atom is -0.287 e. The van der Waals surface area contributed by atoms with Crippen molar-refractivity contribution >= 4 is 18.2 Å². The first-order chi connectivity index (χ1) is 2.94. The van der Waals surface area contributed by atoms with Crippen molar-refractivity contribution in [1.29, 1.82) is 0 Å². The number of hydrogen-bond donors (Lipinski definition) is 1. The lowest BCUT2D eigenvalue weighted by Gasteiger charge is -1.84. The van der Waals surface area contributed by atoms with Crippen LogP contribution in [0.2, 0.25) is 0 Å². The van der Waals surface area contributed by atoms with Crippen molar-refractivity contribution in [1.82, 2.24) is 0 Å². The quantitative estimate of drug-likeness (QED) is 0.311. The first kappa shape index (κ1) is 6.99. The number of halogens is 2. The lowest BCUT2D eigenvalue weighted by Crippen LogP contribution is -2.13. The first-order valence-electron chi connectivity index (χ1n) is 1.19. The van der Waals surface area contributed by atoms with Gasteiger partial charge in [-0.15, -0.1) is 0 Å². The zero-order valence-corrected chi connectivity index (χ0v) is 4.98. The van der Waals surface area contributed by atoms with Crippen LogP contribution in [0.4, 0.5) is 8.22 Å². The van der Waals surface area contributed by atoms with E-state index in [4.69, 9.17) is 4.55 Å². The van der Waals surface area contributed by atoms with Crippen LogP contribution in [-0.2, 0) is 9.57 Å². The maximum absolute atomic E-state index is 10.8. The van der Waals surface area contributed by atoms with Gasteiger partial charge in [0.2, 0.25) is 0 Å². The van der Waals surface area contributed by atoms with Gasteiger partial charge in [0.25, 0.3) is 9.57 Å². The molecular formula is H2F2O3SSi. The van der Waals surface area contributed by atoms with Crippen LogP contribution < -0.4 is 0 Å². The Bertz CT molecular complexity index is 135. The molecule has 0 fully saturated rings. The Labute approximate surface area is 40.3 Å². The Morgan fingerprint density at radius 2 is 1.57 bits per heavy atom. The summed E-state index contributed by atoms with van der Waals surface area (Å²) in [6, 6.07) is 0. The molecule has 0 rings (SSSR count). The summed E-state index contributed by atoms with van der Waals surface area (Å²) in [5.74, 6) is 0. The summed E-state index contributed by atoms with van der Waals surface area (Å²) >= 11 is 0. The van der Waals surface area contributed by atoms with Gasteiger partial charge in [-0.2, -0.15) is 0 Å². The number of hydrogen-bond acceptors (Lipinski definition) is 2. The summed E-state index contributed by atoms with van der Waals surface area (Å²) in [6.07, 6.45) is 0. The third-order valence-corrected chi connectivity index (χ3v) is 2.03. The van der Waals surface area contributed by atoms with E-state index < -0.39 is 18.2 Å². The molecule has 0 aromatic carbocycles. The van der Waals surface area contributed by atoms with Gasteiger partial charge in [-0.05, 0) is 0 Å². The maximum Gasteiger partial charge on any atom is 0.564 e. The second-order valence-electron chi connectivity index (χ2n) is 0.776. The fraction of sp³-hybridized carbons (Fsp3) is 0. The first-order valence-corrected chi connectivity index (χ1v) is 4.98. The molecule has 44 valence electrons. The molecule has 3 nitrogen and oxygen atoms in total. The average molecular weight is 148 g/mol. The summed E-state index contributed by atoms with van der Waals surface area (Å²) in [5.41, 5.74) is 0. The third kappa shape index (κ3) is 2.66. The number of rotatable bonds is 1. The third-order valence-electron chi connectivity index (χ3n) is 0.225. The van der Waals surface area contributed by atoms with Crippen LogP contribution in [0, 0.1) is 0 Å². The van der Waals surface area contributed by atoms with E-state index in [0.717, 1.165) is 0 Å². The van der Waals surface area contributed by atoms with Crippen molar-refractivity contribution in [3.05, 3.63) is 0 Å². The molecule has 7 heavy (non-hydrogen) atoms.